The Balaban J connectivity index is 2.44. The third-order valence-electron chi connectivity index (χ3n) is 4.56. The van der Waals surface area contributed by atoms with Gasteiger partial charge in [-0.25, -0.2) is 0 Å². The molecule has 1 aromatic carbocycles. The number of halogens is 3. The SMILES string of the molecule is CCCC(C)C1=CC([Si](C)(C)OS(=O)(=O)C(F)(F)F)c2ccccc21. The lowest BCUT2D eigenvalue weighted by molar-refractivity contribution is -0.0504. The van der Waals surface area contributed by atoms with Gasteiger partial charge in [0.1, 0.15) is 0 Å². The van der Waals surface area contributed by atoms with Crippen molar-refractivity contribution in [2.75, 3.05) is 0 Å². The number of hydrogen-bond donors (Lipinski definition) is 0. The lowest BCUT2D eigenvalue weighted by Gasteiger charge is -2.28. The predicted molar refractivity (Wildman–Crippen MR) is 94.8 cm³/mol. The van der Waals surface area contributed by atoms with Crippen LogP contribution in [0.3, 0.4) is 0 Å². The van der Waals surface area contributed by atoms with Crippen molar-refractivity contribution in [1.29, 1.82) is 0 Å². The lowest BCUT2D eigenvalue weighted by Crippen LogP contribution is -2.43. The molecular weight excluding hydrogens is 369 g/mol. The molecule has 1 aliphatic carbocycles. The number of allylic oxidation sites excluding steroid dienone is 2. The summed E-state index contributed by atoms with van der Waals surface area (Å²) in [7, 11) is -8.87. The largest absolute Gasteiger partial charge is 0.522 e. The molecule has 0 radical (unpaired) electrons. The minimum atomic E-state index is -5.61. The van der Waals surface area contributed by atoms with Crippen LogP contribution in [-0.2, 0) is 14.0 Å². The Labute approximate surface area is 148 Å². The molecule has 0 fully saturated rings. The van der Waals surface area contributed by atoms with Crippen LogP contribution in [0.1, 0.15) is 43.4 Å². The first-order chi connectivity index (χ1) is 11.4. The summed E-state index contributed by atoms with van der Waals surface area (Å²) in [6, 6.07) is 7.49. The van der Waals surface area contributed by atoms with E-state index in [9.17, 15) is 21.6 Å². The van der Waals surface area contributed by atoms with Gasteiger partial charge in [0.25, 0.3) is 0 Å². The predicted octanol–water partition coefficient (Wildman–Crippen LogP) is 5.21. The van der Waals surface area contributed by atoms with Crippen LogP contribution in [-0.4, -0.2) is 22.2 Å². The van der Waals surface area contributed by atoms with Crippen LogP contribution in [0.25, 0.3) is 5.57 Å². The van der Waals surface area contributed by atoms with Gasteiger partial charge in [-0.2, -0.15) is 21.6 Å². The molecule has 0 saturated carbocycles. The summed E-state index contributed by atoms with van der Waals surface area (Å²) in [5, 5.41) is 0. The molecule has 0 heterocycles. The average Bonchev–Trinajstić information content (AvgIpc) is 2.85. The van der Waals surface area contributed by atoms with Crippen molar-refractivity contribution >= 4 is 24.0 Å². The maximum Gasteiger partial charge on any atom is 0.522 e. The Kier molecular flexibility index (Phi) is 5.56. The molecule has 8 heteroatoms. The van der Waals surface area contributed by atoms with Crippen molar-refractivity contribution in [3.8, 4) is 0 Å². The minimum Gasteiger partial charge on any atom is -0.307 e. The highest BCUT2D eigenvalue weighted by atomic mass is 32.2. The van der Waals surface area contributed by atoms with Crippen molar-refractivity contribution in [3.63, 3.8) is 0 Å². The van der Waals surface area contributed by atoms with Crippen LogP contribution in [0.15, 0.2) is 30.3 Å². The monoisotopic (exact) mass is 392 g/mol. The quantitative estimate of drug-likeness (QED) is 0.493. The molecule has 2 unspecified atom stereocenters. The van der Waals surface area contributed by atoms with Crippen molar-refractivity contribution in [1.82, 2.24) is 0 Å². The second-order valence-corrected chi connectivity index (χ2v) is 12.8. The van der Waals surface area contributed by atoms with Gasteiger partial charge in [0, 0.05) is 5.54 Å². The van der Waals surface area contributed by atoms with E-state index in [-0.39, 0.29) is 5.92 Å². The summed E-state index contributed by atoms with van der Waals surface area (Å²) >= 11 is 0. The highest BCUT2D eigenvalue weighted by Crippen LogP contribution is 2.46. The smallest absolute Gasteiger partial charge is 0.307 e. The summed E-state index contributed by atoms with van der Waals surface area (Å²) in [5.41, 5.74) is -2.93. The van der Waals surface area contributed by atoms with Gasteiger partial charge in [0.2, 0.25) is 8.32 Å². The fraction of sp³-hybridized carbons (Fsp3) is 0.529. The molecule has 1 aromatic rings. The summed E-state index contributed by atoms with van der Waals surface area (Å²) in [4.78, 5) is 0. The second-order valence-electron chi connectivity index (χ2n) is 6.96. The Hall–Kier alpha value is -1.12. The summed E-state index contributed by atoms with van der Waals surface area (Å²) in [6.45, 7) is 7.19. The second kappa shape index (κ2) is 6.89. The zero-order valence-corrected chi connectivity index (χ0v) is 16.5. The number of alkyl halides is 3. The number of hydrogen-bond acceptors (Lipinski definition) is 3. The Bertz CT molecular complexity index is 770. The van der Waals surface area contributed by atoms with Gasteiger partial charge >= 0.3 is 15.6 Å². The first-order valence-corrected chi connectivity index (χ1v) is 12.6. The molecule has 0 N–H and O–H groups in total. The van der Waals surface area contributed by atoms with Gasteiger partial charge in [0.05, 0.1) is 0 Å². The Morgan fingerprint density at radius 3 is 2.40 bits per heavy atom. The van der Waals surface area contributed by atoms with Crippen LogP contribution in [0.5, 0.6) is 0 Å². The molecule has 2 rings (SSSR count). The topological polar surface area (TPSA) is 43.4 Å². The zero-order valence-electron chi connectivity index (χ0n) is 14.7. The van der Waals surface area contributed by atoms with Gasteiger partial charge in [-0.15, -0.1) is 0 Å². The van der Waals surface area contributed by atoms with E-state index in [1.807, 2.05) is 30.3 Å². The third kappa shape index (κ3) is 4.01. The van der Waals surface area contributed by atoms with Crippen molar-refractivity contribution in [2.45, 2.75) is 50.8 Å². The fourth-order valence-electron chi connectivity index (χ4n) is 3.37. The number of fused-ring (bicyclic) bond motifs is 1. The van der Waals surface area contributed by atoms with Crippen LogP contribution in [0.2, 0.25) is 13.1 Å². The van der Waals surface area contributed by atoms with E-state index in [0.717, 1.165) is 29.5 Å². The van der Waals surface area contributed by atoms with E-state index in [1.165, 1.54) is 13.1 Å². The lowest BCUT2D eigenvalue weighted by atomic mass is 9.92. The van der Waals surface area contributed by atoms with Gasteiger partial charge in [-0.05, 0) is 42.1 Å². The van der Waals surface area contributed by atoms with E-state index in [4.69, 9.17) is 3.87 Å². The number of benzene rings is 1. The van der Waals surface area contributed by atoms with Gasteiger partial charge < -0.3 is 3.87 Å². The third-order valence-corrected chi connectivity index (χ3v) is 9.70. The van der Waals surface area contributed by atoms with Crippen molar-refractivity contribution in [2.24, 2.45) is 5.92 Å². The number of rotatable bonds is 6. The first-order valence-electron chi connectivity index (χ1n) is 8.23. The van der Waals surface area contributed by atoms with E-state index in [1.54, 1.807) is 0 Å². The molecule has 0 saturated heterocycles. The Morgan fingerprint density at radius 1 is 1.24 bits per heavy atom. The first kappa shape index (κ1) is 20.2. The molecule has 0 spiro atoms. The molecule has 140 valence electrons. The van der Waals surface area contributed by atoms with E-state index in [2.05, 4.69) is 13.8 Å². The van der Waals surface area contributed by atoms with Gasteiger partial charge in [-0.3, -0.25) is 0 Å². The van der Waals surface area contributed by atoms with E-state index < -0.39 is 29.5 Å². The molecule has 0 aromatic heterocycles. The normalized spacial score (nSPS) is 19.5. The van der Waals surface area contributed by atoms with Crippen LogP contribution in [0, 0.1) is 5.92 Å². The fourth-order valence-corrected chi connectivity index (χ4v) is 8.00. The van der Waals surface area contributed by atoms with Crippen molar-refractivity contribution in [3.05, 3.63) is 41.5 Å². The summed E-state index contributed by atoms with van der Waals surface area (Å²) in [5.74, 6) is 0.250. The van der Waals surface area contributed by atoms with Crippen LogP contribution >= 0.6 is 0 Å². The highest BCUT2D eigenvalue weighted by Gasteiger charge is 2.52. The maximum absolute atomic E-state index is 12.7. The van der Waals surface area contributed by atoms with Crippen molar-refractivity contribution < 1.29 is 25.5 Å². The van der Waals surface area contributed by atoms with E-state index >= 15 is 0 Å². The minimum absolute atomic E-state index is 0.250. The standard InChI is InChI=1S/C17H23F3O3SSi/c1-5-8-12(2)15-11-16(14-10-7-6-9-13(14)15)25(3,4)23-24(21,22)17(18,19)20/h6-7,9-12,16H,5,8H2,1-4H3. The highest BCUT2D eigenvalue weighted by molar-refractivity contribution is 7.88. The molecule has 2 atom stereocenters. The molecular formula is C17H23F3O3SSi. The van der Waals surface area contributed by atoms with Gasteiger partial charge in [0.15, 0.2) is 0 Å². The van der Waals surface area contributed by atoms with Gasteiger partial charge in [-0.1, -0.05) is 50.6 Å². The summed E-state index contributed by atoms with van der Waals surface area (Å²) < 4.78 is 66.0. The molecule has 1 aliphatic rings. The summed E-state index contributed by atoms with van der Waals surface area (Å²) in [6.07, 6.45) is 3.87. The average molecular weight is 393 g/mol. The molecule has 0 aliphatic heterocycles. The van der Waals surface area contributed by atoms with E-state index in [0.29, 0.717) is 0 Å². The molecule has 25 heavy (non-hydrogen) atoms. The zero-order chi connectivity index (χ0) is 19.0. The van der Waals surface area contributed by atoms with Crippen LogP contribution in [0.4, 0.5) is 13.2 Å². The molecule has 3 nitrogen and oxygen atoms in total. The maximum atomic E-state index is 12.7. The van der Waals surface area contributed by atoms with Crippen LogP contribution < -0.4 is 0 Å². The molecule has 0 bridgehead atoms. The Morgan fingerprint density at radius 2 is 1.84 bits per heavy atom. The molecule has 0 amide bonds.